The second-order valence-electron chi connectivity index (χ2n) is 7.12. The van der Waals surface area contributed by atoms with Crippen LogP contribution < -0.4 is 21.7 Å². The molecular formula is C17H28N4O9. The molecular weight excluding hydrogens is 404 g/mol. The number of hydrogen-bond donors (Lipinski definition) is 7. The molecule has 4 atom stereocenters. The molecule has 0 aliphatic rings. The Bertz CT molecular complexity index is 680. The summed E-state index contributed by atoms with van der Waals surface area (Å²) in [6.07, 6.45) is -1.43. The van der Waals surface area contributed by atoms with Gasteiger partial charge in [0.25, 0.3) is 0 Å². The van der Waals surface area contributed by atoms with E-state index in [0.29, 0.717) is 0 Å². The molecule has 0 radical (unpaired) electrons. The number of carbonyl (C=O) groups excluding carboxylic acids is 3. The summed E-state index contributed by atoms with van der Waals surface area (Å²) in [7, 11) is 0. The maximum atomic E-state index is 12.3. The molecule has 0 aromatic heterocycles. The molecule has 0 heterocycles. The van der Waals surface area contributed by atoms with Gasteiger partial charge in [-0.25, -0.2) is 4.79 Å². The predicted octanol–water partition coefficient (Wildman–Crippen LogP) is -2.13. The van der Waals surface area contributed by atoms with Gasteiger partial charge in [0.15, 0.2) is 0 Å². The average Bonchev–Trinajstić information content (AvgIpc) is 2.58. The topological polar surface area (TPSA) is 225 Å². The van der Waals surface area contributed by atoms with Gasteiger partial charge in [0.05, 0.1) is 18.9 Å². The Morgan fingerprint density at radius 1 is 0.733 bits per heavy atom. The van der Waals surface area contributed by atoms with E-state index in [1.165, 1.54) is 6.92 Å². The number of aliphatic carboxylic acids is 3. The number of rotatable bonds is 13. The lowest BCUT2D eigenvalue weighted by atomic mass is 10.0. The zero-order chi connectivity index (χ0) is 23.6. The minimum Gasteiger partial charge on any atom is -0.481 e. The van der Waals surface area contributed by atoms with E-state index in [1.54, 1.807) is 13.8 Å². The maximum Gasteiger partial charge on any atom is 0.326 e. The molecule has 0 aromatic rings. The largest absolute Gasteiger partial charge is 0.481 e. The van der Waals surface area contributed by atoms with E-state index in [2.05, 4.69) is 10.6 Å². The van der Waals surface area contributed by atoms with Crippen LogP contribution in [0.25, 0.3) is 0 Å². The summed E-state index contributed by atoms with van der Waals surface area (Å²) in [6, 6.07) is -5.57. The van der Waals surface area contributed by atoms with Gasteiger partial charge in [-0.3, -0.25) is 24.0 Å². The highest BCUT2D eigenvalue weighted by atomic mass is 16.4. The van der Waals surface area contributed by atoms with Crippen molar-refractivity contribution in [1.82, 2.24) is 16.0 Å². The van der Waals surface area contributed by atoms with Crippen LogP contribution in [0.2, 0.25) is 0 Å². The second-order valence-corrected chi connectivity index (χ2v) is 7.12. The van der Waals surface area contributed by atoms with Crippen LogP contribution in [0.1, 0.15) is 40.0 Å². The van der Waals surface area contributed by atoms with Crippen LogP contribution in [0.15, 0.2) is 0 Å². The Balaban J connectivity index is 5.10. The van der Waals surface area contributed by atoms with Crippen molar-refractivity contribution in [2.24, 2.45) is 11.7 Å². The number of carboxylic acid groups (broad SMARTS) is 3. The Kier molecular flexibility index (Phi) is 11.0. The highest BCUT2D eigenvalue weighted by Crippen LogP contribution is 2.05. The molecule has 13 nitrogen and oxygen atoms in total. The quantitative estimate of drug-likeness (QED) is 0.167. The highest BCUT2D eigenvalue weighted by Gasteiger charge is 2.30. The van der Waals surface area contributed by atoms with E-state index in [9.17, 15) is 28.8 Å². The molecule has 0 spiro atoms. The van der Waals surface area contributed by atoms with E-state index in [4.69, 9.17) is 21.1 Å². The first-order chi connectivity index (χ1) is 13.7. The third kappa shape index (κ3) is 10.4. The monoisotopic (exact) mass is 432 g/mol. The summed E-state index contributed by atoms with van der Waals surface area (Å²) in [6.45, 7) is 4.78. The number of nitrogens with one attached hydrogen (secondary N) is 3. The van der Waals surface area contributed by atoms with Crippen molar-refractivity contribution < 1.29 is 44.1 Å². The Morgan fingerprint density at radius 2 is 1.23 bits per heavy atom. The molecule has 4 unspecified atom stereocenters. The van der Waals surface area contributed by atoms with Gasteiger partial charge in [-0.2, -0.15) is 0 Å². The van der Waals surface area contributed by atoms with Crippen LogP contribution in [0.3, 0.4) is 0 Å². The number of carbonyl (C=O) groups is 6. The minimum atomic E-state index is -1.63. The van der Waals surface area contributed by atoms with Gasteiger partial charge in [0.2, 0.25) is 17.7 Å². The Labute approximate surface area is 172 Å². The standard InChI is InChI=1S/C17H28N4O9/c1-7(2)4-11(17(29)30)21-14(26)8(3)19-16(28)10(6-13(24)25)20-15(27)9(18)5-12(22)23/h7-11H,4-6,18H2,1-3H3,(H,19,28)(H,20,27)(H,21,26)(H,22,23)(H,24,25)(H,29,30). The minimum absolute atomic E-state index is 0.0264. The van der Waals surface area contributed by atoms with Gasteiger partial charge in [0, 0.05) is 0 Å². The molecule has 0 aliphatic heterocycles. The molecule has 8 N–H and O–H groups in total. The fourth-order valence-corrected chi connectivity index (χ4v) is 2.31. The molecule has 0 aromatic carbocycles. The zero-order valence-corrected chi connectivity index (χ0v) is 16.9. The third-order valence-corrected chi connectivity index (χ3v) is 3.82. The summed E-state index contributed by atoms with van der Waals surface area (Å²) < 4.78 is 0. The van der Waals surface area contributed by atoms with Crippen LogP contribution in [0, 0.1) is 5.92 Å². The summed E-state index contributed by atoms with van der Waals surface area (Å²) >= 11 is 0. The van der Waals surface area contributed by atoms with Crippen molar-refractivity contribution in [1.29, 1.82) is 0 Å². The van der Waals surface area contributed by atoms with Crippen molar-refractivity contribution in [3.05, 3.63) is 0 Å². The normalized spacial score (nSPS) is 14.7. The van der Waals surface area contributed by atoms with Gasteiger partial charge in [0.1, 0.15) is 18.1 Å². The van der Waals surface area contributed by atoms with Crippen molar-refractivity contribution >= 4 is 35.6 Å². The van der Waals surface area contributed by atoms with Crippen LogP contribution in [-0.2, 0) is 28.8 Å². The Hall–Kier alpha value is -3.22. The summed E-state index contributed by atoms with van der Waals surface area (Å²) in [4.78, 5) is 69.3. The number of carboxylic acids is 3. The smallest absolute Gasteiger partial charge is 0.326 e. The Morgan fingerprint density at radius 3 is 1.67 bits per heavy atom. The van der Waals surface area contributed by atoms with E-state index in [-0.39, 0.29) is 12.3 Å². The summed E-state index contributed by atoms with van der Waals surface area (Å²) in [5, 5.41) is 33.2. The molecule has 0 aliphatic carbocycles. The van der Waals surface area contributed by atoms with Crippen LogP contribution in [-0.4, -0.2) is 75.1 Å². The zero-order valence-electron chi connectivity index (χ0n) is 16.9. The third-order valence-electron chi connectivity index (χ3n) is 3.82. The first-order valence-corrected chi connectivity index (χ1v) is 9.07. The lowest BCUT2D eigenvalue weighted by molar-refractivity contribution is -0.143. The molecule has 0 fully saturated rings. The molecule has 0 bridgehead atoms. The van der Waals surface area contributed by atoms with Gasteiger partial charge in [-0.05, 0) is 19.3 Å². The van der Waals surface area contributed by atoms with Gasteiger partial charge >= 0.3 is 17.9 Å². The number of amides is 3. The van der Waals surface area contributed by atoms with Crippen LogP contribution >= 0.6 is 0 Å². The predicted molar refractivity (Wildman–Crippen MR) is 101 cm³/mol. The lowest BCUT2D eigenvalue weighted by Crippen LogP contribution is -2.57. The molecule has 0 saturated heterocycles. The van der Waals surface area contributed by atoms with Crippen molar-refractivity contribution in [2.45, 2.75) is 64.2 Å². The molecule has 3 amide bonds. The van der Waals surface area contributed by atoms with Crippen molar-refractivity contribution in [3.8, 4) is 0 Å². The van der Waals surface area contributed by atoms with Crippen molar-refractivity contribution in [3.63, 3.8) is 0 Å². The lowest BCUT2D eigenvalue weighted by Gasteiger charge is -2.23. The van der Waals surface area contributed by atoms with E-state index >= 15 is 0 Å². The molecule has 0 rings (SSSR count). The second kappa shape index (κ2) is 12.4. The SMILES string of the molecule is CC(C)CC(NC(=O)C(C)NC(=O)C(CC(=O)O)NC(=O)C(N)CC(=O)O)C(=O)O. The van der Waals surface area contributed by atoms with Gasteiger partial charge in [-0.15, -0.1) is 0 Å². The molecule has 30 heavy (non-hydrogen) atoms. The van der Waals surface area contributed by atoms with Gasteiger partial charge in [-0.1, -0.05) is 13.8 Å². The first kappa shape index (κ1) is 26.8. The van der Waals surface area contributed by atoms with E-state index < -0.39 is 72.6 Å². The highest BCUT2D eigenvalue weighted by molar-refractivity contribution is 5.96. The molecule has 13 heteroatoms. The number of nitrogens with two attached hydrogens (primary N) is 1. The van der Waals surface area contributed by atoms with Crippen LogP contribution in [0.4, 0.5) is 0 Å². The maximum absolute atomic E-state index is 12.3. The fourth-order valence-electron chi connectivity index (χ4n) is 2.31. The van der Waals surface area contributed by atoms with Crippen LogP contribution in [0.5, 0.6) is 0 Å². The molecule has 0 saturated carbocycles. The first-order valence-electron chi connectivity index (χ1n) is 9.07. The number of hydrogen-bond acceptors (Lipinski definition) is 7. The summed E-state index contributed by atoms with van der Waals surface area (Å²) in [5.74, 6) is -7.00. The van der Waals surface area contributed by atoms with Gasteiger partial charge < -0.3 is 37.0 Å². The van der Waals surface area contributed by atoms with E-state index in [0.717, 1.165) is 0 Å². The summed E-state index contributed by atoms with van der Waals surface area (Å²) in [5.41, 5.74) is 5.38. The fraction of sp³-hybridized carbons (Fsp3) is 0.647. The van der Waals surface area contributed by atoms with E-state index in [1.807, 2.05) is 5.32 Å². The molecule has 170 valence electrons. The van der Waals surface area contributed by atoms with Crippen molar-refractivity contribution in [2.75, 3.05) is 0 Å². The average molecular weight is 432 g/mol.